The molecule has 1 aliphatic rings. The molecule has 4 aromatic rings. The summed E-state index contributed by atoms with van der Waals surface area (Å²) in [6.07, 6.45) is 3.76. The minimum absolute atomic E-state index is 0.318. The maximum atomic E-state index is 13.4. The molecule has 0 bridgehead atoms. The van der Waals surface area contributed by atoms with E-state index in [1.54, 1.807) is 12.1 Å². The lowest BCUT2D eigenvalue weighted by Gasteiger charge is -2.26. The van der Waals surface area contributed by atoms with E-state index in [9.17, 15) is 9.18 Å². The Kier molecular flexibility index (Phi) is 8.26. The molecule has 1 saturated heterocycles. The minimum Gasteiger partial charge on any atom is -0.462 e. The summed E-state index contributed by atoms with van der Waals surface area (Å²) >= 11 is 0. The van der Waals surface area contributed by atoms with Gasteiger partial charge in [0.25, 0.3) is 6.47 Å². The van der Waals surface area contributed by atoms with Crippen LogP contribution < -0.4 is 15.8 Å². The van der Waals surface area contributed by atoms with E-state index in [4.69, 9.17) is 10.5 Å². The SMILES string of the molecule is CC(C)(C)OC=O.Cc1c(-c2ccc(Oc3cccc(F)c3)cc2)c2c(N)ncnc2n1[C@@H]1CCCNC1. The normalized spacial score (nSPS) is 15.4. The van der Waals surface area contributed by atoms with E-state index in [2.05, 4.69) is 31.5 Å². The van der Waals surface area contributed by atoms with Gasteiger partial charge in [0.15, 0.2) is 0 Å². The summed E-state index contributed by atoms with van der Waals surface area (Å²) in [4.78, 5) is 18.4. The van der Waals surface area contributed by atoms with Gasteiger partial charge in [0.1, 0.15) is 40.7 Å². The molecule has 8 nitrogen and oxygen atoms in total. The number of carbonyl (C=O) groups excluding carboxylic acids is 1. The van der Waals surface area contributed by atoms with Crippen LogP contribution in [0.4, 0.5) is 10.2 Å². The van der Waals surface area contributed by atoms with Crippen LogP contribution in [-0.4, -0.2) is 39.7 Å². The fourth-order valence-corrected chi connectivity index (χ4v) is 4.63. The van der Waals surface area contributed by atoms with Crippen LogP contribution >= 0.6 is 0 Å². The molecule has 0 radical (unpaired) electrons. The standard InChI is InChI=1S/C24H24FN5O.C5H10O2/c1-15-21(16-7-9-19(10-8-16)31-20-6-2-4-17(25)12-20)22-23(26)28-14-29-24(22)30(15)18-5-3-11-27-13-18;1-5(2,3)7-4-6/h2,4,6-10,12,14,18,27H,3,5,11,13H2,1H3,(H2,26,28,29);4H,1-3H3/t18-;/m1./s1. The zero-order valence-corrected chi connectivity index (χ0v) is 22.2. The number of benzene rings is 2. The third-order valence-corrected chi connectivity index (χ3v) is 6.27. The average molecular weight is 520 g/mol. The Balaban J connectivity index is 0.000000426. The van der Waals surface area contributed by atoms with Gasteiger partial charge in [0, 0.05) is 29.9 Å². The maximum Gasteiger partial charge on any atom is 0.293 e. The Labute approximate surface area is 222 Å². The predicted octanol–water partition coefficient (Wildman–Crippen LogP) is 5.80. The van der Waals surface area contributed by atoms with E-state index < -0.39 is 0 Å². The zero-order chi connectivity index (χ0) is 27.3. The van der Waals surface area contributed by atoms with Gasteiger partial charge in [0.2, 0.25) is 0 Å². The third-order valence-electron chi connectivity index (χ3n) is 6.27. The maximum absolute atomic E-state index is 13.4. The van der Waals surface area contributed by atoms with Crippen molar-refractivity contribution in [3.63, 3.8) is 0 Å². The van der Waals surface area contributed by atoms with Gasteiger partial charge >= 0.3 is 0 Å². The summed E-state index contributed by atoms with van der Waals surface area (Å²) in [7, 11) is 0. The van der Waals surface area contributed by atoms with Crippen LogP contribution in [0.2, 0.25) is 0 Å². The molecule has 0 spiro atoms. The van der Waals surface area contributed by atoms with Gasteiger partial charge in [-0.2, -0.15) is 0 Å². The van der Waals surface area contributed by atoms with E-state index in [-0.39, 0.29) is 11.4 Å². The Morgan fingerprint density at radius 1 is 1.13 bits per heavy atom. The summed E-state index contributed by atoms with van der Waals surface area (Å²) in [5.74, 6) is 1.25. The summed E-state index contributed by atoms with van der Waals surface area (Å²) < 4.78 is 26.1. The van der Waals surface area contributed by atoms with Gasteiger partial charge < -0.3 is 25.1 Å². The van der Waals surface area contributed by atoms with Crippen molar-refractivity contribution in [1.82, 2.24) is 19.9 Å². The predicted molar refractivity (Wildman–Crippen MR) is 147 cm³/mol. The third kappa shape index (κ3) is 6.28. The van der Waals surface area contributed by atoms with Crippen LogP contribution in [-0.2, 0) is 9.53 Å². The number of hydrogen-bond donors (Lipinski definition) is 2. The number of nitrogens with zero attached hydrogens (tertiary/aromatic N) is 3. The Morgan fingerprint density at radius 3 is 2.50 bits per heavy atom. The van der Waals surface area contributed by atoms with E-state index in [0.29, 0.717) is 29.8 Å². The van der Waals surface area contributed by atoms with Gasteiger partial charge in [-0.25, -0.2) is 14.4 Å². The second kappa shape index (κ2) is 11.6. The molecule has 1 atom stereocenters. The number of ether oxygens (including phenoxy) is 2. The summed E-state index contributed by atoms with van der Waals surface area (Å²) in [5.41, 5.74) is 10.0. The molecule has 5 rings (SSSR count). The summed E-state index contributed by atoms with van der Waals surface area (Å²) in [6.45, 7) is 9.99. The first-order valence-electron chi connectivity index (χ1n) is 12.6. The first-order chi connectivity index (χ1) is 18.2. The number of carbonyl (C=O) groups is 1. The largest absolute Gasteiger partial charge is 0.462 e. The van der Waals surface area contributed by atoms with Crippen molar-refractivity contribution in [3.8, 4) is 22.6 Å². The Morgan fingerprint density at radius 2 is 1.89 bits per heavy atom. The van der Waals surface area contributed by atoms with Crippen LogP contribution in [0.1, 0.15) is 45.3 Å². The van der Waals surface area contributed by atoms with E-state index in [1.165, 1.54) is 18.5 Å². The molecule has 1 fully saturated rings. The molecule has 3 N–H and O–H groups in total. The highest BCUT2D eigenvalue weighted by Gasteiger charge is 2.25. The number of nitrogen functional groups attached to an aromatic ring is 1. The van der Waals surface area contributed by atoms with Crippen LogP contribution in [0.3, 0.4) is 0 Å². The monoisotopic (exact) mass is 519 g/mol. The quantitative estimate of drug-likeness (QED) is 0.321. The number of rotatable bonds is 5. The Hall–Kier alpha value is -3.98. The van der Waals surface area contributed by atoms with Gasteiger partial charge in [-0.15, -0.1) is 0 Å². The van der Waals surface area contributed by atoms with E-state index in [0.717, 1.165) is 53.8 Å². The molecule has 1 aliphatic heterocycles. The fraction of sp³-hybridized carbons (Fsp3) is 0.345. The van der Waals surface area contributed by atoms with Crippen molar-refractivity contribution in [2.24, 2.45) is 0 Å². The van der Waals surface area contributed by atoms with Crippen molar-refractivity contribution in [2.75, 3.05) is 18.8 Å². The van der Waals surface area contributed by atoms with Crippen molar-refractivity contribution >= 4 is 23.3 Å². The first kappa shape index (κ1) is 27.1. The molecule has 3 heterocycles. The van der Waals surface area contributed by atoms with Gasteiger partial charge in [0.05, 0.1) is 5.39 Å². The molecule has 0 amide bonds. The van der Waals surface area contributed by atoms with Crippen LogP contribution in [0.5, 0.6) is 11.5 Å². The smallest absolute Gasteiger partial charge is 0.293 e. The number of aromatic nitrogens is 3. The van der Waals surface area contributed by atoms with Crippen LogP contribution in [0.25, 0.3) is 22.2 Å². The molecular formula is C29H34FN5O3. The van der Waals surface area contributed by atoms with Crippen molar-refractivity contribution in [3.05, 3.63) is 66.4 Å². The number of nitrogens with two attached hydrogens (primary N) is 1. The first-order valence-corrected chi connectivity index (χ1v) is 12.6. The zero-order valence-electron chi connectivity index (χ0n) is 22.2. The molecule has 38 heavy (non-hydrogen) atoms. The van der Waals surface area contributed by atoms with Crippen molar-refractivity contribution < 1.29 is 18.7 Å². The van der Waals surface area contributed by atoms with Crippen molar-refractivity contribution in [2.45, 2.75) is 52.2 Å². The Bertz CT molecular complexity index is 1390. The molecule has 0 saturated carbocycles. The number of anilines is 1. The second-order valence-electron chi connectivity index (χ2n) is 10.2. The highest BCUT2D eigenvalue weighted by molar-refractivity contribution is 6.02. The molecule has 2 aromatic carbocycles. The van der Waals surface area contributed by atoms with Crippen molar-refractivity contribution in [1.29, 1.82) is 0 Å². The van der Waals surface area contributed by atoms with E-state index >= 15 is 0 Å². The molecule has 9 heteroatoms. The summed E-state index contributed by atoms with van der Waals surface area (Å²) in [6, 6.07) is 14.2. The average Bonchev–Trinajstić information content (AvgIpc) is 3.18. The topological polar surface area (TPSA) is 104 Å². The summed E-state index contributed by atoms with van der Waals surface area (Å²) in [5, 5.41) is 4.36. The molecule has 0 unspecified atom stereocenters. The molecule has 0 aliphatic carbocycles. The van der Waals surface area contributed by atoms with Gasteiger partial charge in [-0.1, -0.05) is 18.2 Å². The number of hydrogen-bond acceptors (Lipinski definition) is 7. The lowest BCUT2D eigenvalue weighted by molar-refractivity contribution is -0.138. The highest BCUT2D eigenvalue weighted by atomic mass is 19.1. The molecular weight excluding hydrogens is 485 g/mol. The fourth-order valence-electron chi connectivity index (χ4n) is 4.63. The number of halogens is 1. The van der Waals surface area contributed by atoms with Crippen LogP contribution in [0, 0.1) is 12.7 Å². The van der Waals surface area contributed by atoms with Gasteiger partial charge in [-0.3, -0.25) is 4.79 Å². The highest BCUT2D eigenvalue weighted by Crippen LogP contribution is 2.39. The molecule has 2 aromatic heterocycles. The molecule has 200 valence electrons. The minimum atomic E-state index is -0.328. The second-order valence-corrected chi connectivity index (χ2v) is 10.2. The number of piperidine rings is 1. The van der Waals surface area contributed by atoms with E-state index in [1.807, 2.05) is 45.0 Å². The number of nitrogens with one attached hydrogen (secondary N) is 1. The van der Waals surface area contributed by atoms with Crippen LogP contribution in [0.15, 0.2) is 54.9 Å². The lowest BCUT2D eigenvalue weighted by Crippen LogP contribution is -2.32. The number of fused-ring (bicyclic) bond motifs is 1. The van der Waals surface area contributed by atoms with Gasteiger partial charge in [-0.05, 0) is 76.9 Å². The lowest BCUT2D eigenvalue weighted by atomic mass is 10.0.